The van der Waals surface area contributed by atoms with E-state index in [2.05, 4.69) is 31.0 Å². The van der Waals surface area contributed by atoms with Gasteiger partial charge in [-0.3, -0.25) is 4.90 Å². The fraction of sp³-hybridized carbons (Fsp3) is 1.00. The lowest BCUT2D eigenvalue weighted by Crippen LogP contribution is -2.61. The van der Waals surface area contributed by atoms with E-state index in [0.717, 1.165) is 45.9 Å². The molecule has 1 rings (SSSR count). The Morgan fingerprint density at radius 2 is 2.06 bits per heavy atom. The maximum Gasteiger partial charge on any atom is 0.0593 e. The van der Waals surface area contributed by atoms with Gasteiger partial charge in [0.25, 0.3) is 0 Å². The number of nitrogens with one attached hydrogen (secondary N) is 1. The zero-order valence-corrected chi connectivity index (χ0v) is 12.5. The minimum Gasteiger partial charge on any atom is -0.385 e. The summed E-state index contributed by atoms with van der Waals surface area (Å²) in [6.45, 7) is 12.5. The molecule has 4 nitrogen and oxygen atoms in total. The van der Waals surface area contributed by atoms with Crippen LogP contribution < -0.4 is 5.32 Å². The van der Waals surface area contributed by atoms with E-state index in [1.54, 1.807) is 7.11 Å². The summed E-state index contributed by atoms with van der Waals surface area (Å²) in [7, 11) is 1.73. The van der Waals surface area contributed by atoms with Gasteiger partial charge in [0, 0.05) is 51.5 Å². The SMILES string of the molecule is CCC1CNC(C)(C)CN1CCOCCCOC. The Morgan fingerprint density at radius 3 is 2.72 bits per heavy atom. The summed E-state index contributed by atoms with van der Waals surface area (Å²) < 4.78 is 10.7. The molecule has 1 saturated heterocycles. The molecule has 1 aliphatic heterocycles. The molecular weight excluding hydrogens is 228 g/mol. The van der Waals surface area contributed by atoms with Crippen molar-refractivity contribution in [1.82, 2.24) is 10.2 Å². The van der Waals surface area contributed by atoms with Gasteiger partial charge in [-0.25, -0.2) is 0 Å². The molecule has 0 aromatic rings. The zero-order chi connectivity index (χ0) is 13.4. The van der Waals surface area contributed by atoms with Crippen molar-refractivity contribution in [3.8, 4) is 0 Å². The van der Waals surface area contributed by atoms with Crippen molar-refractivity contribution >= 4 is 0 Å². The standard InChI is InChI=1S/C14H30N2O2/c1-5-13-11-15-14(2,3)12-16(13)7-10-18-9-6-8-17-4/h13,15H,5-12H2,1-4H3. The molecule has 1 heterocycles. The first-order valence-corrected chi connectivity index (χ1v) is 7.15. The third-order valence-electron chi connectivity index (χ3n) is 3.56. The van der Waals surface area contributed by atoms with Crippen molar-refractivity contribution in [3.05, 3.63) is 0 Å². The van der Waals surface area contributed by atoms with E-state index in [0.29, 0.717) is 6.04 Å². The average Bonchev–Trinajstić information content (AvgIpc) is 2.33. The van der Waals surface area contributed by atoms with Crippen molar-refractivity contribution in [2.24, 2.45) is 0 Å². The van der Waals surface area contributed by atoms with Crippen LogP contribution in [0, 0.1) is 0 Å². The van der Waals surface area contributed by atoms with Crippen molar-refractivity contribution in [1.29, 1.82) is 0 Å². The molecule has 1 aliphatic rings. The van der Waals surface area contributed by atoms with E-state index in [-0.39, 0.29) is 5.54 Å². The largest absolute Gasteiger partial charge is 0.385 e. The van der Waals surface area contributed by atoms with Crippen molar-refractivity contribution in [2.75, 3.05) is 46.6 Å². The Labute approximate surface area is 112 Å². The lowest BCUT2D eigenvalue weighted by Gasteiger charge is -2.44. The molecule has 1 unspecified atom stereocenters. The Hall–Kier alpha value is -0.160. The van der Waals surface area contributed by atoms with Crippen LogP contribution in [-0.2, 0) is 9.47 Å². The topological polar surface area (TPSA) is 33.7 Å². The normalized spacial score (nSPS) is 24.3. The number of piperazine rings is 1. The van der Waals surface area contributed by atoms with Gasteiger partial charge in [-0.2, -0.15) is 0 Å². The maximum atomic E-state index is 5.66. The molecule has 1 N–H and O–H groups in total. The summed E-state index contributed by atoms with van der Waals surface area (Å²) in [4.78, 5) is 2.56. The van der Waals surface area contributed by atoms with Crippen LogP contribution in [-0.4, -0.2) is 63.0 Å². The predicted molar refractivity (Wildman–Crippen MR) is 75.0 cm³/mol. The van der Waals surface area contributed by atoms with Gasteiger partial charge in [-0.1, -0.05) is 6.92 Å². The maximum absolute atomic E-state index is 5.66. The third-order valence-corrected chi connectivity index (χ3v) is 3.56. The molecule has 0 amide bonds. The summed E-state index contributed by atoms with van der Waals surface area (Å²) in [5, 5.41) is 3.61. The monoisotopic (exact) mass is 258 g/mol. The fourth-order valence-electron chi connectivity index (χ4n) is 2.47. The quantitative estimate of drug-likeness (QED) is 0.669. The van der Waals surface area contributed by atoms with E-state index in [1.807, 2.05) is 0 Å². The van der Waals surface area contributed by atoms with Gasteiger partial charge in [0.2, 0.25) is 0 Å². The highest BCUT2D eigenvalue weighted by atomic mass is 16.5. The average molecular weight is 258 g/mol. The first kappa shape index (κ1) is 15.9. The summed E-state index contributed by atoms with van der Waals surface area (Å²) in [6, 6.07) is 0.653. The van der Waals surface area contributed by atoms with Gasteiger partial charge >= 0.3 is 0 Å². The van der Waals surface area contributed by atoms with E-state index in [1.165, 1.54) is 6.42 Å². The zero-order valence-electron chi connectivity index (χ0n) is 12.5. The minimum absolute atomic E-state index is 0.224. The molecule has 0 saturated carbocycles. The Balaban J connectivity index is 2.20. The molecular formula is C14H30N2O2. The van der Waals surface area contributed by atoms with Gasteiger partial charge < -0.3 is 14.8 Å². The predicted octanol–water partition coefficient (Wildman–Crippen LogP) is 1.50. The van der Waals surface area contributed by atoms with Crippen molar-refractivity contribution < 1.29 is 9.47 Å². The van der Waals surface area contributed by atoms with Crippen LogP contribution in [0.15, 0.2) is 0 Å². The molecule has 1 fully saturated rings. The van der Waals surface area contributed by atoms with Crippen molar-refractivity contribution in [3.63, 3.8) is 0 Å². The molecule has 0 aromatic carbocycles. The molecule has 0 radical (unpaired) electrons. The van der Waals surface area contributed by atoms with E-state index in [4.69, 9.17) is 9.47 Å². The molecule has 18 heavy (non-hydrogen) atoms. The Kier molecular flexibility index (Phi) is 7.15. The lowest BCUT2D eigenvalue weighted by molar-refractivity contribution is 0.0422. The molecule has 4 heteroatoms. The number of methoxy groups -OCH3 is 1. The second kappa shape index (κ2) is 8.10. The molecule has 1 atom stereocenters. The Morgan fingerprint density at radius 1 is 1.28 bits per heavy atom. The molecule has 0 spiro atoms. The van der Waals surface area contributed by atoms with Crippen LogP contribution in [0.2, 0.25) is 0 Å². The van der Waals surface area contributed by atoms with Gasteiger partial charge in [-0.15, -0.1) is 0 Å². The van der Waals surface area contributed by atoms with Gasteiger partial charge in [-0.05, 0) is 26.7 Å². The van der Waals surface area contributed by atoms with Crippen LogP contribution in [0.1, 0.15) is 33.6 Å². The van der Waals surface area contributed by atoms with Crippen LogP contribution in [0.5, 0.6) is 0 Å². The second-order valence-corrected chi connectivity index (χ2v) is 5.76. The summed E-state index contributed by atoms with van der Waals surface area (Å²) >= 11 is 0. The number of nitrogens with zero attached hydrogens (tertiary/aromatic N) is 1. The first-order chi connectivity index (χ1) is 8.59. The summed E-state index contributed by atoms with van der Waals surface area (Å²) in [6.07, 6.45) is 2.19. The first-order valence-electron chi connectivity index (χ1n) is 7.15. The highest BCUT2D eigenvalue weighted by molar-refractivity contribution is 4.91. The summed E-state index contributed by atoms with van der Waals surface area (Å²) in [5.41, 5.74) is 0.224. The minimum atomic E-state index is 0.224. The number of hydrogen-bond donors (Lipinski definition) is 1. The molecule has 0 aromatic heterocycles. The van der Waals surface area contributed by atoms with E-state index >= 15 is 0 Å². The van der Waals surface area contributed by atoms with Crippen LogP contribution >= 0.6 is 0 Å². The number of ether oxygens (including phenoxy) is 2. The van der Waals surface area contributed by atoms with Crippen molar-refractivity contribution in [2.45, 2.75) is 45.2 Å². The fourth-order valence-corrected chi connectivity index (χ4v) is 2.47. The lowest BCUT2D eigenvalue weighted by atomic mass is 9.98. The van der Waals surface area contributed by atoms with E-state index < -0.39 is 0 Å². The van der Waals surface area contributed by atoms with Gasteiger partial charge in [0.1, 0.15) is 0 Å². The molecule has 108 valence electrons. The summed E-state index contributed by atoms with van der Waals surface area (Å²) in [5.74, 6) is 0. The highest BCUT2D eigenvalue weighted by Crippen LogP contribution is 2.16. The molecule has 0 aliphatic carbocycles. The van der Waals surface area contributed by atoms with Crippen LogP contribution in [0.3, 0.4) is 0 Å². The van der Waals surface area contributed by atoms with Crippen LogP contribution in [0.25, 0.3) is 0 Å². The second-order valence-electron chi connectivity index (χ2n) is 5.76. The van der Waals surface area contributed by atoms with Gasteiger partial charge in [0.05, 0.1) is 6.61 Å². The number of rotatable bonds is 8. The smallest absolute Gasteiger partial charge is 0.0593 e. The van der Waals surface area contributed by atoms with E-state index in [9.17, 15) is 0 Å². The van der Waals surface area contributed by atoms with Gasteiger partial charge in [0.15, 0.2) is 0 Å². The van der Waals surface area contributed by atoms with Crippen LogP contribution in [0.4, 0.5) is 0 Å². The third kappa shape index (κ3) is 5.65. The number of hydrogen-bond acceptors (Lipinski definition) is 4. The highest BCUT2D eigenvalue weighted by Gasteiger charge is 2.30. The Bertz CT molecular complexity index is 222. The molecule has 0 bridgehead atoms.